The van der Waals surface area contributed by atoms with Crippen molar-refractivity contribution in [2.45, 2.75) is 19.3 Å². The molecule has 3 heteroatoms. The Morgan fingerprint density at radius 3 is 2.68 bits per heavy atom. The highest BCUT2D eigenvalue weighted by Crippen LogP contribution is 2.18. The summed E-state index contributed by atoms with van der Waals surface area (Å²) in [6.45, 7) is 0. The lowest BCUT2D eigenvalue weighted by atomic mass is 10.1. The number of aromatic nitrogens is 2. The van der Waals surface area contributed by atoms with Crippen molar-refractivity contribution < 1.29 is 5.11 Å². The molecule has 0 saturated heterocycles. The van der Waals surface area contributed by atoms with Crippen LogP contribution < -0.4 is 0 Å². The Morgan fingerprint density at radius 2 is 1.84 bits per heavy atom. The summed E-state index contributed by atoms with van der Waals surface area (Å²) in [5.41, 5.74) is 3.17. The monoisotopic (exact) mass is 252 g/mol. The Labute approximate surface area is 111 Å². The number of H-pyrrole nitrogens is 1. The number of aromatic amines is 1. The van der Waals surface area contributed by atoms with E-state index < -0.39 is 0 Å². The van der Waals surface area contributed by atoms with Crippen LogP contribution in [0.15, 0.2) is 48.5 Å². The molecule has 0 aliphatic heterocycles. The van der Waals surface area contributed by atoms with Crippen LogP contribution in [0, 0.1) is 0 Å². The highest BCUT2D eigenvalue weighted by atomic mass is 16.3. The first-order chi connectivity index (χ1) is 9.31. The summed E-state index contributed by atoms with van der Waals surface area (Å²) in [4.78, 5) is 7.77. The Kier molecular flexibility index (Phi) is 3.19. The number of aryl methyl sites for hydroxylation is 2. The molecule has 19 heavy (non-hydrogen) atoms. The van der Waals surface area contributed by atoms with Crippen molar-refractivity contribution in [3.05, 3.63) is 59.9 Å². The average molecular weight is 252 g/mol. The summed E-state index contributed by atoms with van der Waals surface area (Å²) >= 11 is 0. The minimum atomic E-state index is 0.270. The van der Waals surface area contributed by atoms with Crippen LogP contribution in [-0.2, 0) is 12.8 Å². The molecule has 3 rings (SSSR count). The van der Waals surface area contributed by atoms with Crippen molar-refractivity contribution in [3.63, 3.8) is 0 Å². The zero-order valence-corrected chi connectivity index (χ0v) is 10.6. The van der Waals surface area contributed by atoms with Crippen molar-refractivity contribution in [1.29, 1.82) is 0 Å². The van der Waals surface area contributed by atoms with Crippen LogP contribution in [0.5, 0.6) is 5.75 Å². The normalized spacial score (nSPS) is 10.9. The zero-order valence-electron chi connectivity index (χ0n) is 10.6. The summed E-state index contributed by atoms with van der Waals surface area (Å²) in [7, 11) is 0. The number of hydrogen-bond acceptors (Lipinski definition) is 2. The molecule has 0 spiro atoms. The topological polar surface area (TPSA) is 48.9 Å². The van der Waals surface area contributed by atoms with E-state index >= 15 is 0 Å². The van der Waals surface area contributed by atoms with Gasteiger partial charge in [-0.2, -0.15) is 0 Å². The lowest BCUT2D eigenvalue weighted by Gasteiger charge is -1.99. The van der Waals surface area contributed by atoms with Crippen LogP contribution in [0.4, 0.5) is 0 Å². The van der Waals surface area contributed by atoms with Crippen LogP contribution in [0.3, 0.4) is 0 Å². The van der Waals surface area contributed by atoms with Crippen LogP contribution in [0.2, 0.25) is 0 Å². The van der Waals surface area contributed by atoms with Gasteiger partial charge in [-0.15, -0.1) is 0 Å². The third kappa shape index (κ3) is 2.76. The lowest BCUT2D eigenvalue weighted by molar-refractivity contribution is 0.476. The fraction of sp³-hybridized carbons (Fsp3) is 0.188. The van der Waals surface area contributed by atoms with Gasteiger partial charge in [0.05, 0.1) is 11.0 Å². The van der Waals surface area contributed by atoms with E-state index in [1.54, 1.807) is 12.1 Å². The Hall–Kier alpha value is -2.29. The van der Waals surface area contributed by atoms with Crippen LogP contribution in [0.25, 0.3) is 11.0 Å². The maximum Gasteiger partial charge on any atom is 0.117 e. The molecule has 0 atom stereocenters. The fourth-order valence-electron chi connectivity index (χ4n) is 2.27. The maximum atomic E-state index is 9.42. The van der Waals surface area contributed by atoms with E-state index in [9.17, 15) is 5.11 Å². The van der Waals surface area contributed by atoms with Crippen LogP contribution >= 0.6 is 0 Å². The van der Waals surface area contributed by atoms with Gasteiger partial charge < -0.3 is 10.1 Å². The highest BCUT2D eigenvalue weighted by molar-refractivity contribution is 5.76. The smallest absolute Gasteiger partial charge is 0.117 e. The third-order valence-electron chi connectivity index (χ3n) is 3.24. The molecule has 1 heterocycles. The van der Waals surface area contributed by atoms with Crippen molar-refractivity contribution in [2.75, 3.05) is 0 Å². The standard InChI is InChI=1S/C16H16N2O/c19-13-9-10-14-15(11-13)18-16(17-14)8-4-7-12-5-2-1-3-6-12/h1-3,5-6,9-11,19H,4,7-8H2,(H,17,18). The largest absolute Gasteiger partial charge is 0.508 e. The predicted octanol–water partition coefficient (Wildman–Crippen LogP) is 3.44. The Balaban J connectivity index is 1.65. The van der Waals surface area contributed by atoms with E-state index in [1.807, 2.05) is 12.1 Å². The number of fused-ring (bicyclic) bond motifs is 1. The minimum Gasteiger partial charge on any atom is -0.508 e. The van der Waals surface area contributed by atoms with E-state index in [0.717, 1.165) is 36.1 Å². The highest BCUT2D eigenvalue weighted by Gasteiger charge is 2.03. The average Bonchev–Trinajstić information content (AvgIpc) is 2.82. The minimum absolute atomic E-state index is 0.270. The van der Waals surface area contributed by atoms with E-state index in [0.29, 0.717) is 0 Å². The van der Waals surface area contributed by atoms with Gasteiger partial charge >= 0.3 is 0 Å². The van der Waals surface area contributed by atoms with Crippen LogP contribution in [0.1, 0.15) is 17.8 Å². The zero-order chi connectivity index (χ0) is 13.1. The summed E-state index contributed by atoms with van der Waals surface area (Å²) in [6, 6.07) is 15.7. The van der Waals surface area contributed by atoms with Crippen molar-refractivity contribution in [1.82, 2.24) is 9.97 Å². The number of imidazole rings is 1. The quantitative estimate of drug-likeness (QED) is 0.747. The molecule has 3 aromatic rings. The number of aromatic hydroxyl groups is 1. The number of hydrogen-bond donors (Lipinski definition) is 2. The third-order valence-corrected chi connectivity index (χ3v) is 3.24. The second-order valence-corrected chi connectivity index (χ2v) is 4.72. The van der Waals surface area contributed by atoms with Gasteiger partial charge in [0.1, 0.15) is 11.6 Å². The van der Waals surface area contributed by atoms with Gasteiger partial charge in [-0.3, -0.25) is 0 Å². The molecule has 2 N–H and O–H groups in total. The molecule has 0 aliphatic rings. The first-order valence-electron chi connectivity index (χ1n) is 6.53. The van der Waals surface area contributed by atoms with Gasteiger partial charge in [0, 0.05) is 12.5 Å². The summed E-state index contributed by atoms with van der Waals surface area (Å²) < 4.78 is 0. The van der Waals surface area contributed by atoms with Crippen molar-refractivity contribution in [2.24, 2.45) is 0 Å². The molecule has 0 unspecified atom stereocenters. The van der Waals surface area contributed by atoms with Crippen LogP contribution in [-0.4, -0.2) is 15.1 Å². The molecule has 1 aromatic heterocycles. The number of phenolic OH excluding ortho intramolecular Hbond substituents is 1. The van der Waals surface area contributed by atoms with E-state index in [-0.39, 0.29) is 5.75 Å². The molecule has 96 valence electrons. The first kappa shape index (κ1) is 11.8. The molecule has 0 aliphatic carbocycles. The first-order valence-corrected chi connectivity index (χ1v) is 6.53. The number of phenols is 1. The SMILES string of the molecule is Oc1ccc2nc(CCCc3ccccc3)[nH]c2c1. The molecule has 0 amide bonds. The molecule has 0 radical (unpaired) electrons. The predicted molar refractivity (Wildman–Crippen MR) is 76.2 cm³/mol. The summed E-state index contributed by atoms with van der Waals surface area (Å²) in [5, 5.41) is 9.42. The molecule has 0 fully saturated rings. The van der Waals surface area contributed by atoms with E-state index in [1.165, 1.54) is 5.56 Å². The lowest BCUT2D eigenvalue weighted by Crippen LogP contribution is -1.91. The maximum absolute atomic E-state index is 9.42. The Bertz CT molecular complexity index is 674. The number of nitrogens with zero attached hydrogens (tertiary/aromatic N) is 1. The summed E-state index contributed by atoms with van der Waals surface area (Å²) in [6.07, 6.45) is 3.04. The van der Waals surface area contributed by atoms with Gasteiger partial charge in [-0.05, 0) is 30.5 Å². The second kappa shape index (κ2) is 5.14. The van der Waals surface area contributed by atoms with Gasteiger partial charge in [-0.1, -0.05) is 30.3 Å². The molecule has 0 bridgehead atoms. The second-order valence-electron chi connectivity index (χ2n) is 4.72. The van der Waals surface area contributed by atoms with Crippen molar-refractivity contribution >= 4 is 11.0 Å². The van der Waals surface area contributed by atoms with Gasteiger partial charge in [-0.25, -0.2) is 4.98 Å². The molecule has 0 saturated carbocycles. The number of rotatable bonds is 4. The Morgan fingerprint density at radius 1 is 1.00 bits per heavy atom. The molecular weight excluding hydrogens is 236 g/mol. The van der Waals surface area contributed by atoms with Gasteiger partial charge in [0.15, 0.2) is 0 Å². The van der Waals surface area contributed by atoms with Gasteiger partial charge in [0.25, 0.3) is 0 Å². The molecule has 3 nitrogen and oxygen atoms in total. The van der Waals surface area contributed by atoms with E-state index in [4.69, 9.17) is 0 Å². The molecular formula is C16H16N2O. The summed E-state index contributed by atoms with van der Waals surface area (Å²) in [5.74, 6) is 1.25. The number of nitrogens with one attached hydrogen (secondary N) is 1. The number of benzene rings is 2. The van der Waals surface area contributed by atoms with Crippen molar-refractivity contribution in [3.8, 4) is 5.75 Å². The molecule has 2 aromatic carbocycles. The fourth-order valence-corrected chi connectivity index (χ4v) is 2.27. The van der Waals surface area contributed by atoms with E-state index in [2.05, 4.69) is 34.2 Å². The van der Waals surface area contributed by atoms with Gasteiger partial charge in [0.2, 0.25) is 0 Å².